The van der Waals surface area contributed by atoms with E-state index in [1.54, 1.807) is 0 Å². The molecule has 0 saturated carbocycles. The van der Waals surface area contributed by atoms with Crippen molar-refractivity contribution >= 4 is 52.1 Å². The SMILES string of the molecule is C[Si](C)(C)c1ccc(-c2ccc(N(c3ccc(-c4ccccc4)cc3)c3ccc(-n4c5ccccc5c5ccccc54)cc3)cc2)cc1. The van der Waals surface area contributed by atoms with Gasteiger partial charge in [0.15, 0.2) is 0 Å². The molecule has 0 N–H and O–H groups in total. The Balaban J connectivity index is 1.19. The molecular weight excluding hydrogens is 597 g/mol. The summed E-state index contributed by atoms with van der Waals surface area (Å²) in [7, 11) is -1.34. The van der Waals surface area contributed by atoms with Crippen molar-refractivity contribution in [2.75, 3.05) is 4.90 Å². The number of para-hydroxylation sites is 2. The fraction of sp³-hybridized carbons (Fsp3) is 0.0667. The van der Waals surface area contributed by atoms with E-state index in [4.69, 9.17) is 0 Å². The van der Waals surface area contributed by atoms with E-state index in [1.807, 2.05) is 0 Å². The lowest BCUT2D eigenvalue weighted by atomic mass is 10.0. The third-order valence-corrected chi connectivity index (χ3v) is 11.5. The van der Waals surface area contributed by atoms with Crippen molar-refractivity contribution in [3.8, 4) is 27.9 Å². The number of hydrogen-bond donors (Lipinski definition) is 0. The van der Waals surface area contributed by atoms with Crippen LogP contribution in [0.25, 0.3) is 49.7 Å². The van der Waals surface area contributed by atoms with Gasteiger partial charge in [-0.25, -0.2) is 0 Å². The summed E-state index contributed by atoms with van der Waals surface area (Å²) >= 11 is 0. The van der Waals surface area contributed by atoms with Crippen LogP contribution in [0.4, 0.5) is 17.1 Å². The lowest BCUT2D eigenvalue weighted by Crippen LogP contribution is -2.37. The van der Waals surface area contributed by atoms with E-state index < -0.39 is 8.07 Å². The molecule has 0 aliphatic rings. The third-order valence-electron chi connectivity index (χ3n) is 9.39. The van der Waals surface area contributed by atoms with E-state index in [1.165, 1.54) is 49.2 Å². The molecule has 8 aromatic rings. The first-order chi connectivity index (χ1) is 23.4. The molecule has 0 aliphatic carbocycles. The molecule has 8 rings (SSSR count). The van der Waals surface area contributed by atoms with E-state index in [-0.39, 0.29) is 0 Å². The number of benzene rings is 7. The van der Waals surface area contributed by atoms with Gasteiger partial charge < -0.3 is 9.47 Å². The summed E-state index contributed by atoms with van der Waals surface area (Å²) in [6.07, 6.45) is 0. The minimum Gasteiger partial charge on any atom is -0.311 e. The van der Waals surface area contributed by atoms with Gasteiger partial charge >= 0.3 is 0 Å². The number of nitrogens with zero attached hydrogens (tertiary/aromatic N) is 2. The Morgan fingerprint density at radius 1 is 0.375 bits per heavy atom. The van der Waals surface area contributed by atoms with Gasteiger partial charge in [-0.05, 0) is 82.9 Å². The molecule has 0 amide bonds. The Morgan fingerprint density at radius 3 is 1.21 bits per heavy atom. The average Bonchev–Trinajstić information content (AvgIpc) is 3.47. The molecule has 1 heterocycles. The molecule has 0 saturated heterocycles. The second-order valence-corrected chi connectivity index (χ2v) is 18.6. The Morgan fingerprint density at radius 2 is 0.750 bits per heavy atom. The van der Waals surface area contributed by atoms with Crippen molar-refractivity contribution in [2.24, 2.45) is 0 Å². The smallest absolute Gasteiger partial charge is 0.0775 e. The van der Waals surface area contributed by atoms with Crippen LogP contribution in [0.3, 0.4) is 0 Å². The Labute approximate surface area is 284 Å². The molecule has 0 radical (unpaired) electrons. The number of aromatic nitrogens is 1. The molecule has 0 aliphatic heterocycles. The molecule has 1 aromatic heterocycles. The van der Waals surface area contributed by atoms with E-state index >= 15 is 0 Å². The first kappa shape index (κ1) is 29.7. The Bertz CT molecular complexity index is 2280. The molecule has 232 valence electrons. The van der Waals surface area contributed by atoms with Crippen LogP contribution in [-0.2, 0) is 0 Å². The monoisotopic (exact) mass is 634 g/mol. The normalized spacial score (nSPS) is 11.6. The molecule has 48 heavy (non-hydrogen) atoms. The van der Waals surface area contributed by atoms with Crippen LogP contribution in [0, 0.1) is 0 Å². The van der Waals surface area contributed by atoms with Crippen molar-refractivity contribution in [1.29, 1.82) is 0 Å². The minimum absolute atomic E-state index is 1.11. The predicted octanol–water partition coefficient (Wildman–Crippen LogP) is 12.1. The van der Waals surface area contributed by atoms with Gasteiger partial charge in [0, 0.05) is 33.5 Å². The maximum atomic E-state index is 2.40. The second kappa shape index (κ2) is 12.2. The largest absolute Gasteiger partial charge is 0.311 e. The highest BCUT2D eigenvalue weighted by Crippen LogP contribution is 2.38. The lowest BCUT2D eigenvalue weighted by molar-refractivity contribution is 1.17. The molecule has 2 nitrogen and oxygen atoms in total. The molecule has 3 heteroatoms. The van der Waals surface area contributed by atoms with Crippen LogP contribution >= 0.6 is 0 Å². The quantitative estimate of drug-likeness (QED) is 0.158. The second-order valence-electron chi connectivity index (χ2n) is 13.5. The molecule has 0 atom stereocenters. The summed E-state index contributed by atoms with van der Waals surface area (Å²) < 4.78 is 2.37. The van der Waals surface area contributed by atoms with Crippen molar-refractivity contribution in [2.45, 2.75) is 19.6 Å². The lowest BCUT2D eigenvalue weighted by Gasteiger charge is -2.26. The Kier molecular flexibility index (Phi) is 7.55. The van der Waals surface area contributed by atoms with Gasteiger partial charge in [0.05, 0.1) is 19.1 Å². The fourth-order valence-corrected chi connectivity index (χ4v) is 7.96. The van der Waals surface area contributed by atoms with Gasteiger partial charge in [-0.15, -0.1) is 0 Å². The van der Waals surface area contributed by atoms with Crippen molar-refractivity contribution in [3.63, 3.8) is 0 Å². The topological polar surface area (TPSA) is 8.17 Å². The maximum Gasteiger partial charge on any atom is 0.0775 e. The summed E-state index contributed by atoms with van der Waals surface area (Å²) in [4.78, 5) is 2.35. The Hall–Kier alpha value is -5.64. The first-order valence-electron chi connectivity index (χ1n) is 16.7. The van der Waals surface area contributed by atoms with Crippen LogP contribution in [0.1, 0.15) is 0 Å². The van der Waals surface area contributed by atoms with Crippen molar-refractivity contribution in [3.05, 3.63) is 176 Å². The van der Waals surface area contributed by atoms with Crippen molar-refractivity contribution in [1.82, 2.24) is 4.57 Å². The zero-order valence-electron chi connectivity index (χ0n) is 27.6. The summed E-state index contributed by atoms with van der Waals surface area (Å²) in [5.74, 6) is 0. The molecule has 0 spiro atoms. The van der Waals surface area contributed by atoms with Crippen LogP contribution in [0.15, 0.2) is 176 Å². The summed E-state index contributed by atoms with van der Waals surface area (Å²) in [5.41, 5.74) is 11.8. The van der Waals surface area contributed by atoms with Crippen LogP contribution in [-0.4, -0.2) is 12.6 Å². The standard InChI is InChI=1S/C45H38N2Si/c1-48(2,3)41-31-21-36(22-32-41)35-19-25-38(26-20-35)46(37-23-17-34(18-24-37)33-11-5-4-6-12-33)39-27-29-40(30-28-39)47-44-15-9-7-13-42(44)43-14-8-10-16-45(43)47/h4-32H,1-3H3. The highest BCUT2D eigenvalue weighted by molar-refractivity contribution is 6.88. The van der Waals surface area contributed by atoms with Gasteiger partial charge in [-0.3, -0.25) is 0 Å². The zero-order valence-corrected chi connectivity index (χ0v) is 28.6. The van der Waals surface area contributed by atoms with E-state index in [9.17, 15) is 0 Å². The van der Waals surface area contributed by atoms with E-state index in [0.717, 1.165) is 22.7 Å². The van der Waals surface area contributed by atoms with Gasteiger partial charge in [-0.1, -0.05) is 140 Å². The third kappa shape index (κ3) is 5.53. The van der Waals surface area contributed by atoms with Crippen LogP contribution < -0.4 is 10.1 Å². The van der Waals surface area contributed by atoms with Gasteiger partial charge in [-0.2, -0.15) is 0 Å². The molecule has 0 unspecified atom stereocenters. The van der Waals surface area contributed by atoms with Gasteiger partial charge in [0.1, 0.15) is 0 Å². The van der Waals surface area contributed by atoms with Gasteiger partial charge in [0.25, 0.3) is 0 Å². The predicted molar refractivity (Wildman–Crippen MR) is 209 cm³/mol. The molecule has 7 aromatic carbocycles. The van der Waals surface area contributed by atoms with Crippen molar-refractivity contribution < 1.29 is 0 Å². The zero-order chi connectivity index (χ0) is 32.7. The summed E-state index contributed by atoms with van der Waals surface area (Å²) in [5, 5.41) is 4.03. The van der Waals surface area contributed by atoms with Gasteiger partial charge in [0.2, 0.25) is 0 Å². The number of fused-ring (bicyclic) bond motifs is 3. The number of anilines is 3. The summed E-state index contributed by atoms with van der Waals surface area (Å²) in [6, 6.07) is 63.9. The van der Waals surface area contributed by atoms with Crippen LogP contribution in [0.2, 0.25) is 19.6 Å². The fourth-order valence-electron chi connectivity index (χ4n) is 6.80. The first-order valence-corrected chi connectivity index (χ1v) is 20.2. The molecule has 0 bridgehead atoms. The van der Waals surface area contributed by atoms with E-state index in [0.29, 0.717) is 0 Å². The van der Waals surface area contributed by atoms with Crippen LogP contribution in [0.5, 0.6) is 0 Å². The number of rotatable bonds is 7. The molecular formula is C45H38N2Si. The summed E-state index contributed by atoms with van der Waals surface area (Å²) in [6.45, 7) is 7.19. The minimum atomic E-state index is -1.34. The number of hydrogen-bond acceptors (Lipinski definition) is 1. The highest BCUT2D eigenvalue weighted by Gasteiger charge is 2.17. The average molecular weight is 635 g/mol. The molecule has 0 fully saturated rings. The van der Waals surface area contributed by atoms with E-state index in [2.05, 4.69) is 205 Å². The highest BCUT2D eigenvalue weighted by atomic mass is 28.3. The maximum absolute atomic E-state index is 2.40.